The van der Waals surface area contributed by atoms with Crippen LogP contribution in [0.4, 0.5) is 5.69 Å². The average Bonchev–Trinajstić information content (AvgIpc) is 3.53. The highest BCUT2D eigenvalue weighted by Gasteiger charge is 2.52. The van der Waals surface area contributed by atoms with E-state index >= 15 is 0 Å². The summed E-state index contributed by atoms with van der Waals surface area (Å²) in [5, 5.41) is 9.11. The molecule has 3 unspecified atom stereocenters. The number of carboxylic acid groups (broad SMARTS) is 1. The summed E-state index contributed by atoms with van der Waals surface area (Å²) in [5.74, 6) is -1.15. The fraction of sp³-hybridized carbons (Fsp3) is 0.440. The van der Waals surface area contributed by atoms with Gasteiger partial charge >= 0.3 is 5.97 Å². The topological polar surface area (TPSA) is 95.0 Å². The standard InChI is InChI=1S/C25H28N2O5S/c28-23(15-16-24(29)30)26(17-13-14-17)25-19-9-4-5-11-21(19)27(22-12-6-10-20(22)25)33(31,32)18-7-2-1-3-8-18/h1-5,7-9,11,17,20,22,25H,6,10,12-16H2,(H,29,30). The lowest BCUT2D eigenvalue weighted by Gasteiger charge is -2.48. The molecule has 7 nitrogen and oxygen atoms in total. The van der Waals surface area contributed by atoms with E-state index in [1.165, 1.54) is 0 Å². The molecule has 0 radical (unpaired) electrons. The van der Waals surface area contributed by atoms with Gasteiger partial charge in [0.1, 0.15) is 0 Å². The summed E-state index contributed by atoms with van der Waals surface area (Å²) >= 11 is 0. The number of carboxylic acids is 1. The molecular formula is C25H28N2O5S. The van der Waals surface area contributed by atoms with Gasteiger partial charge in [0.2, 0.25) is 5.91 Å². The van der Waals surface area contributed by atoms with E-state index in [0.717, 1.165) is 37.7 Å². The Morgan fingerprint density at radius 3 is 2.33 bits per heavy atom. The summed E-state index contributed by atoms with van der Waals surface area (Å²) < 4.78 is 29.2. The largest absolute Gasteiger partial charge is 0.481 e. The van der Waals surface area contributed by atoms with E-state index in [1.807, 2.05) is 29.2 Å². The van der Waals surface area contributed by atoms with Gasteiger partial charge in [-0.1, -0.05) is 42.8 Å². The number of para-hydroxylation sites is 1. The number of hydrogen-bond donors (Lipinski definition) is 1. The van der Waals surface area contributed by atoms with Gasteiger partial charge in [0.25, 0.3) is 10.0 Å². The third-order valence-electron chi connectivity index (χ3n) is 7.11. The second-order valence-electron chi connectivity index (χ2n) is 9.21. The van der Waals surface area contributed by atoms with Gasteiger partial charge in [-0.25, -0.2) is 8.42 Å². The van der Waals surface area contributed by atoms with Crippen LogP contribution in [0.1, 0.15) is 56.6 Å². The third-order valence-corrected chi connectivity index (χ3v) is 8.97. The second kappa shape index (κ2) is 8.48. The minimum atomic E-state index is -3.77. The molecule has 1 heterocycles. The van der Waals surface area contributed by atoms with E-state index < -0.39 is 16.0 Å². The number of rotatable bonds is 7. The van der Waals surface area contributed by atoms with Crippen molar-refractivity contribution in [2.75, 3.05) is 4.31 Å². The highest BCUT2D eigenvalue weighted by Crippen LogP contribution is 2.53. The SMILES string of the molecule is O=C(O)CCC(=O)N(C1CC1)C1c2ccccc2N(S(=O)(=O)c2ccccc2)C2CCCC12. The van der Waals surface area contributed by atoms with Crippen molar-refractivity contribution in [1.29, 1.82) is 0 Å². The maximum absolute atomic E-state index is 13.8. The van der Waals surface area contributed by atoms with Gasteiger partial charge in [-0.2, -0.15) is 0 Å². The molecule has 0 aromatic heterocycles. The molecule has 0 saturated heterocycles. The number of hydrogen-bond acceptors (Lipinski definition) is 4. The van der Waals surface area contributed by atoms with E-state index in [1.54, 1.807) is 34.6 Å². The average molecular weight is 469 g/mol. The second-order valence-corrected chi connectivity index (χ2v) is 11.0. The molecule has 2 aromatic rings. The third kappa shape index (κ3) is 3.90. The Balaban J connectivity index is 1.60. The van der Waals surface area contributed by atoms with Gasteiger partial charge in [0, 0.05) is 18.4 Å². The lowest BCUT2D eigenvalue weighted by Crippen LogP contribution is -2.52. The van der Waals surface area contributed by atoms with Crippen molar-refractivity contribution in [2.24, 2.45) is 5.92 Å². The summed E-state index contributed by atoms with van der Waals surface area (Å²) in [6.07, 6.45) is 4.04. The highest BCUT2D eigenvalue weighted by atomic mass is 32.2. The molecule has 2 fully saturated rings. The Labute approximate surface area is 194 Å². The molecule has 33 heavy (non-hydrogen) atoms. The van der Waals surface area contributed by atoms with Crippen LogP contribution in [0.5, 0.6) is 0 Å². The minimum Gasteiger partial charge on any atom is -0.481 e. The van der Waals surface area contributed by atoms with Crippen LogP contribution < -0.4 is 4.31 Å². The van der Waals surface area contributed by atoms with Crippen LogP contribution in [0, 0.1) is 5.92 Å². The molecule has 1 amide bonds. The first-order chi connectivity index (χ1) is 15.9. The smallest absolute Gasteiger partial charge is 0.303 e. The molecule has 0 bridgehead atoms. The zero-order valence-corrected chi connectivity index (χ0v) is 19.2. The fourth-order valence-corrected chi connectivity index (χ4v) is 7.40. The van der Waals surface area contributed by atoms with Gasteiger partial charge in [-0.15, -0.1) is 0 Å². The first-order valence-corrected chi connectivity index (χ1v) is 13.0. The predicted octanol–water partition coefficient (Wildman–Crippen LogP) is 3.96. The fourth-order valence-electron chi connectivity index (χ4n) is 5.63. The quantitative estimate of drug-likeness (QED) is 0.664. The van der Waals surface area contributed by atoms with Gasteiger partial charge < -0.3 is 10.0 Å². The van der Waals surface area contributed by atoms with E-state index in [2.05, 4.69) is 0 Å². The number of fused-ring (bicyclic) bond motifs is 2. The Bertz CT molecular complexity index is 1160. The normalized spacial score (nSPS) is 24.1. The van der Waals surface area contributed by atoms with Crippen LogP contribution in [0.25, 0.3) is 0 Å². The molecule has 1 N–H and O–H groups in total. The van der Waals surface area contributed by atoms with Crippen LogP contribution in [0.2, 0.25) is 0 Å². The minimum absolute atomic E-state index is 0.0206. The van der Waals surface area contributed by atoms with Gasteiger partial charge in [-0.05, 0) is 49.4 Å². The number of anilines is 1. The predicted molar refractivity (Wildman–Crippen MR) is 123 cm³/mol. The van der Waals surface area contributed by atoms with Crippen LogP contribution in [0.15, 0.2) is 59.5 Å². The molecule has 0 spiro atoms. The van der Waals surface area contributed by atoms with Crippen molar-refractivity contribution in [3.05, 3.63) is 60.2 Å². The first kappa shape index (κ1) is 21.9. The van der Waals surface area contributed by atoms with E-state index in [4.69, 9.17) is 5.11 Å². The summed E-state index contributed by atoms with van der Waals surface area (Å²) in [4.78, 5) is 26.5. The van der Waals surface area contributed by atoms with Crippen LogP contribution in [-0.2, 0) is 19.6 Å². The monoisotopic (exact) mass is 468 g/mol. The number of carbonyl (C=O) groups is 2. The van der Waals surface area contributed by atoms with E-state index in [9.17, 15) is 18.0 Å². The van der Waals surface area contributed by atoms with Crippen molar-refractivity contribution in [3.63, 3.8) is 0 Å². The lowest BCUT2D eigenvalue weighted by atomic mass is 9.82. The Hall–Kier alpha value is -2.87. The lowest BCUT2D eigenvalue weighted by molar-refractivity contribution is -0.142. The molecule has 3 atom stereocenters. The van der Waals surface area contributed by atoms with Crippen molar-refractivity contribution < 1.29 is 23.1 Å². The summed E-state index contributed by atoms with van der Waals surface area (Å²) in [6, 6.07) is 15.6. The summed E-state index contributed by atoms with van der Waals surface area (Å²) in [5.41, 5.74) is 1.47. The number of sulfonamides is 1. The number of nitrogens with zero attached hydrogens (tertiary/aromatic N) is 2. The Kier molecular flexibility index (Phi) is 5.64. The zero-order valence-electron chi connectivity index (χ0n) is 18.3. The van der Waals surface area contributed by atoms with E-state index in [-0.39, 0.29) is 47.7 Å². The molecule has 3 aliphatic rings. The zero-order chi connectivity index (χ0) is 23.2. The van der Waals surface area contributed by atoms with Gasteiger partial charge in [0.15, 0.2) is 0 Å². The molecule has 2 aliphatic carbocycles. The maximum Gasteiger partial charge on any atom is 0.303 e. The molecule has 5 rings (SSSR count). The first-order valence-electron chi connectivity index (χ1n) is 11.6. The number of benzene rings is 2. The molecule has 2 aromatic carbocycles. The molecule has 8 heteroatoms. The molecule has 174 valence electrons. The van der Waals surface area contributed by atoms with Crippen molar-refractivity contribution in [3.8, 4) is 0 Å². The van der Waals surface area contributed by atoms with Gasteiger partial charge in [-0.3, -0.25) is 13.9 Å². The highest BCUT2D eigenvalue weighted by molar-refractivity contribution is 7.92. The van der Waals surface area contributed by atoms with E-state index in [0.29, 0.717) is 5.69 Å². The molecule has 1 aliphatic heterocycles. The van der Waals surface area contributed by atoms with Crippen LogP contribution in [-0.4, -0.2) is 42.4 Å². The summed E-state index contributed by atoms with van der Waals surface area (Å²) in [6.45, 7) is 0. The molecular weight excluding hydrogens is 440 g/mol. The van der Waals surface area contributed by atoms with Crippen molar-refractivity contribution in [2.45, 2.75) is 68.0 Å². The Morgan fingerprint density at radius 2 is 1.64 bits per heavy atom. The number of carbonyl (C=O) groups excluding carboxylic acids is 1. The van der Waals surface area contributed by atoms with Gasteiger partial charge in [0.05, 0.1) is 29.1 Å². The Morgan fingerprint density at radius 1 is 0.939 bits per heavy atom. The molecule has 2 saturated carbocycles. The summed E-state index contributed by atoms with van der Waals surface area (Å²) in [7, 11) is -3.77. The number of amides is 1. The van der Waals surface area contributed by atoms with Crippen molar-refractivity contribution in [1.82, 2.24) is 4.90 Å². The van der Waals surface area contributed by atoms with Crippen LogP contribution >= 0.6 is 0 Å². The van der Waals surface area contributed by atoms with Crippen molar-refractivity contribution >= 4 is 27.6 Å². The maximum atomic E-state index is 13.8. The number of aliphatic carboxylic acids is 1. The van der Waals surface area contributed by atoms with Crippen LogP contribution in [0.3, 0.4) is 0 Å².